The van der Waals surface area contributed by atoms with E-state index in [0.717, 1.165) is 4.48 Å². The number of halogens is 1. The van der Waals surface area contributed by atoms with Gasteiger partial charge in [0.05, 0.1) is 17.2 Å². The second-order valence-corrected chi connectivity index (χ2v) is 6.24. The summed E-state index contributed by atoms with van der Waals surface area (Å²) in [7, 11) is 0. The highest BCUT2D eigenvalue weighted by molar-refractivity contribution is 9.11. The van der Waals surface area contributed by atoms with Crippen LogP contribution in [0.5, 0.6) is 0 Å². The molecule has 0 amide bonds. The van der Waals surface area contributed by atoms with E-state index in [1.54, 1.807) is 0 Å². The number of rotatable bonds is 2. The first-order valence-electron chi connectivity index (χ1n) is 6.30. The second kappa shape index (κ2) is 5.52. The molecule has 0 radical (unpaired) electrons. The molecule has 2 unspecified atom stereocenters. The molecule has 1 fully saturated rings. The number of hydrogen-bond donors (Lipinski definition) is 0. The standard InChI is InChI=1S/C13H19BrO5/c1-7-5-9(14)12(17-8(2)15)18-11(7)10-6-16-13(3,4)19-10/h5,7,10-12H,6H2,1-4H3/t7-,10-,11?,12?/m1/s1. The summed E-state index contributed by atoms with van der Waals surface area (Å²) in [4.78, 5) is 11.1. The van der Waals surface area contributed by atoms with Gasteiger partial charge in [-0.15, -0.1) is 0 Å². The van der Waals surface area contributed by atoms with Gasteiger partial charge in [0.25, 0.3) is 0 Å². The van der Waals surface area contributed by atoms with Crippen molar-refractivity contribution in [3.05, 3.63) is 10.6 Å². The van der Waals surface area contributed by atoms with E-state index in [9.17, 15) is 4.79 Å². The molecule has 0 spiro atoms. The average Bonchev–Trinajstić information content (AvgIpc) is 2.62. The summed E-state index contributed by atoms with van der Waals surface area (Å²) in [5.74, 6) is -0.834. The number of esters is 1. The Morgan fingerprint density at radius 2 is 2.21 bits per heavy atom. The third-order valence-corrected chi connectivity index (χ3v) is 3.75. The minimum absolute atomic E-state index is 0.142. The van der Waals surface area contributed by atoms with Crippen LogP contribution in [0.3, 0.4) is 0 Å². The molecule has 2 heterocycles. The molecule has 108 valence electrons. The summed E-state index contributed by atoms with van der Waals surface area (Å²) in [5.41, 5.74) is 0. The molecule has 5 nitrogen and oxygen atoms in total. The molecule has 2 aliphatic rings. The lowest BCUT2D eigenvalue weighted by atomic mass is 9.97. The highest BCUT2D eigenvalue weighted by Gasteiger charge is 2.43. The summed E-state index contributed by atoms with van der Waals surface area (Å²) < 4.78 is 23.1. The Bertz CT molecular complexity index is 392. The van der Waals surface area contributed by atoms with Crippen LogP contribution in [0.15, 0.2) is 10.6 Å². The quantitative estimate of drug-likeness (QED) is 0.725. The van der Waals surface area contributed by atoms with Crippen LogP contribution in [0.4, 0.5) is 0 Å². The van der Waals surface area contributed by atoms with Crippen LogP contribution in [0.1, 0.15) is 27.7 Å². The zero-order valence-electron chi connectivity index (χ0n) is 11.5. The van der Waals surface area contributed by atoms with E-state index >= 15 is 0 Å². The maximum atomic E-state index is 11.1. The Morgan fingerprint density at radius 1 is 1.53 bits per heavy atom. The summed E-state index contributed by atoms with van der Waals surface area (Å²) in [6.07, 6.45) is 0.912. The number of carbonyl (C=O) groups is 1. The molecule has 1 saturated heterocycles. The van der Waals surface area contributed by atoms with Gasteiger partial charge in [-0.3, -0.25) is 4.79 Å². The fourth-order valence-corrected chi connectivity index (χ4v) is 2.91. The van der Waals surface area contributed by atoms with E-state index < -0.39 is 12.1 Å². The predicted octanol–water partition coefficient (Wildman–Crippen LogP) is 2.34. The fraction of sp³-hybridized carbons (Fsp3) is 0.769. The average molecular weight is 335 g/mol. The summed E-state index contributed by atoms with van der Waals surface area (Å²) in [6.45, 7) is 7.60. The normalized spacial score (nSPS) is 37.8. The van der Waals surface area contributed by atoms with Crippen LogP contribution in [-0.4, -0.2) is 36.9 Å². The molecule has 0 aliphatic carbocycles. The number of hydrogen-bond acceptors (Lipinski definition) is 5. The van der Waals surface area contributed by atoms with Crippen molar-refractivity contribution in [2.45, 2.75) is 52.0 Å². The van der Waals surface area contributed by atoms with Crippen molar-refractivity contribution in [3.63, 3.8) is 0 Å². The van der Waals surface area contributed by atoms with Gasteiger partial charge in [-0.25, -0.2) is 0 Å². The van der Waals surface area contributed by atoms with E-state index in [1.165, 1.54) is 6.92 Å². The molecule has 4 atom stereocenters. The summed E-state index contributed by atoms with van der Waals surface area (Å²) in [6, 6.07) is 0. The van der Waals surface area contributed by atoms with Crippen LogP contribution >= 0.6 is 15.9 Å². The van der Waals surface area contributed by atoms with Gasteiger partial charge in [-0.05, 0) is 29.8 Å². The highest BCUT2D eigenvalue weighted by Crippen LogP contribution is 2.35. The van der Waals surface area contributed by atoms with E-state index in [0.29, 0.717) is 6.61 Å². The molecule has 0 aromatic heterocycles. The lowest BCUT2D eigenvalue weighted by molar-refractivity contribution is -0.207. The van der Waals surface area contributed by atoms with Crippen molar-refractivity contribution in [3.8, 4) is 0 Å². The maximum Gasteiger partial charge on any atom is 0.305 e. The predicted molar refractivity (Wildman–Crippen MR) is 71.5 cm³/mol. The third-order valence-electron chi connectivity index (χ3n) is 3.12. The Hall–Kier alpha value is -0.430. The van der Waals surface area contributed by atoms with Gasteiger partial charge in [0, 0.05) is 12.8 Å². The summed E-state index contributed by atoms with van der Waals surface area (Å²) >= 11 is 3.37. The van der Waals surface area contributed by atoms with Crippen molar-refractivity contribution in [1.29, 1.82) is 0 Å². The van der Waals surface area contributed by atoms with Gasteiger partial charge in [0.15, 0.2) is 5.79 Å². The Balaban J connectivity index is 2.08. The molecule has 0 aromatic carbocycles. The lowest BCUT2D eigenvalue weighted by Gasteiger charge is -2.34. The first-order valence-corrected chi connectivity index (χ1v) is 7.09. The molecular weight excluding hydrogens is 316 g/mol. The summed E-state index contributed by atoms with van der Waals surface area (Å²) in [5, 5.41) is 0. The van der Waals surface area contributed by atoms with Gasteiger partial charge >= 0.3 is 5.97 Å². The molecule has 2 aliphatic heterocycles. The Morgan fingerprint density at radius 3 is 2.74 bits per heavy atom. The molecule has 6 heteroatoms. The van der Waals surface area contributed by atoms with Gasteiger partial charge in [-0.1, -0.05) is 13.0 Å². The molecule has 19 heavy (non-hydrogen) atoms. The fourth-order valence-electron chi connectivity index (χ4n) is 2.29. The van der Waals surface area contributed by atoms with Crippen LogP contribution in [0.2, 0.25) is 0 Å². The van der Waals surface area contributed by atoms with E-state index in [2.05, 4.69) is 15.9 Å². The van der Waals surface area contributed by atoms with E-state index in [-0.39, 0.29) is 24.1 Å². The van der Waals surface area contributed by atoms with Crippen LogP contribution in [-0.2, 0) is 23.7 Å². The molecule has 0 N–H and O–H groups in total. The highest BCUT2D eigenvalue weighted by atomic mass is 79.9. The van der Waals surface area contributed by atoms with Crippen LogP contribution < -0.4 is 0 Å². The number of carbonyl (C=O) groups excluding carboxylic acids is 1. The molecule has 0 aromatic rings. The molecule has 0 saturated carbocycles. The Kier molecular flexibility index (Phi) is 4.35. The molecule has 0 bridgehead atoms. The molecular formula is C13H19BrO5. The first-order chi connectivity index (χ1) is 8.78. The zero-order valence-corrected chi connectivity index (χ0v) is 13.1. The monoisotopic (exact) mass is 334 g/mol. The largest absolute Gasteiger partial charge is 0.431 e. The number of ether oxygens (including phenoxy) is 4. The Labute approximate surface area is 121 Å². The van der Waals surface area contributed by atoms with Crippen molar-refractivity contribution >= 4 is 21.9 Å². The maximum absolute atomic E-state index is 11.1. The van der Waals surface area contributed by atoms with Gasteiger partial charge in [0.2, 0.25) is 6.29 Å². The topological polar surface area (TPSA) is 54.0 Å². The first kappa shape index (κ1) is 15.0. The SMILES string of the molecule is CC(=O)OC1OC([C@H]2COC(C)(C)O2)[C@H](C)C=C1Br. The second-order valence-electron chi connectivity index (χ2n) is 5.32. The smallest absolute Gasteiger partial charge is 0.305 e. The van der Waals surface area contributed by atoms with Crippen molar-refractivity contribution in [2.24, 2.45) is 5.92 Å². The molecule has 2 rings (SSSR count). The minimum atomic E-state index is -0.703. The zero-order chi connectivity index (χ0) is 14.2. The van der Waals surface area contributed by atoms with Gasteiger partial charge in [-0.2, -0.15) is 0 Å². The van der Waals surface area contributed by atoms with Crippen LogP contribution in [0.25, 0.3) is 0 Å². The minimum Gasteiger partial charge on any atom is -0.431 e. The van der Waals surface area contributed by atoms with Crippen molar-refractivity contribution < 1.29 is 23.7 Å². The van der Waals surface area contributed by atoms with Gasteiger partial charge in [0.1, 0.15) is 6.10 Å². The van der Waals surface area contributed by atoms with Crippen molar-refractivity contribution in [1.82, 2.24) is 0 Å². The van der Waals surface area contributed by atoms with Crippen molar-refractivity contribution in [2.75, 3.05) is 6.61 Å². The van der Waals surface area contributed by atoms with E-state index in [4.69, 9.17) is 18.9 Å². The lowest BCUT2D eigenvalue weighted by Crippen LogP contribution is -2.43. The van der Waals surface area contributed by atoms with Gasteiger partial charge < -0.3 is 18.9 Å². The van der Waals surface area contributed by atoms with Crippen LogP contribution in [0, 0.1) is 5.92 Å². The van der Waals surface area contributed by atoms with E-state index in [1.807, 2.05) is 26.8 Å². The third kappa shape index (κ3) is 3.56.